The minimum absolute atomic E-state index is 0.0496. The van der Waals surface area contributed by atoms with Crippen LogP contribution in [0.5, 0.6) is 11.5 Å². The first-order valence-electron chi connectivity index (χ1n) is 8.51. The highest BCUT2D eigenvalue weighted by atomic mass is 16.7. The monoisotopic (exact) mass is 318 g/mol. The number of amides is 1. The predicted molar refractivity (Wildman–Crippen MR) is 89.8 cm³/mol. The van der Waals surface area contributed by atoms with Crippen LogP contribution in [0, 0.1) is 11.8 Å². The maximum absolute atomic E-state index is 12.5. The third kappa shape index (κ3) is 3.54. The second-order valence-electron chi connectivity index (χ2n) is 6.82. The molecule has 0 aromatic heterocycles. The van der Waals surface area contributed by atoms with Crippen molar-refractivity contribution in [3.05, 3.63) is 18.2 Å². The molecule has 126 valence electrons. The molecule has 3 rings (SSSR count). The first kappa shape index (κ1) is 16.0. The molecule has 1 aliphatic carbocycles. The summed E-state index contributed by atoms with van der Waals surface area (Å²) in [6.07, 6.45) is 3.53. The number of nitrogens with one attached hydrogen (secondary N) is 2. The van der Waals surface area contributed by atoms with E-state index in [9.17, 15) is 4.79 Å². The fourth-order valence-corrected chi connectivity index (χ4v) is 3.40. The van der Waals surface area contributed by atoms with E-state index in [0.717, 1.165) is 23.6 Å². The van der Waals surface area contributed by atoms with E-state index in [4.69, 9.17) is 9.47 Å². The van der Waals surface area contributed by atoms with Gasteiger partial charge in [-0.15, -0.1) is 0 Å². The predicted octanol–water partition coefficient (Wildman–Crippen LogP) is 3.16. The molecule has 1 heterocycles. The molecular formula is C18H26N2O3. The molecule has 1 amide bonds. The Morgan fingerprint density at radius 3 is 2.83 bits per heavy atom. The molecular weight excluding hydrogens is 292 g/mol. The van der Waals surface area contributed by atoms with Crippen LogP contribution in [0.2, 0.25) is 0 Å². The Kier molecular flexibility index (Phi) is 4.64. The molecule has 1 aliphatic heterocycles. The number of carbonyl (C=O) groups is 1. The van der Waals surface area contributed by atoms with Gasteiger partial charge in [0.05, 0.1) is 0 Å². The third-order valence-corrected chi connectivity index (χ3v) is 5.18. The Hall–Kier alpha value is -1.91. The van der Waals surface area contributed by atoms with E-state index < -0.39 is 0 Å². The Morgan fingerprint density at radius 2 is 2.00 bits per heavy atom. The van der Waals surface area contributed by atoms with Gasteiger partial charge >= 0.3 is 0 Å². The average molecular weight is 318 g/mol. The third-order valence-electron chi connectivity index (χ3n) is 5.18. The van der Waals surface area contributed by atoms with Gasteiger partial charge in [0.2, 0.25) is 12.7 Å². The minimum atomic E-state index is -0.292. The Labute approximate surface area is 137 Å². The number of rotatable bonds is 4. The molecule has 2 aliphatic rings. The van der Waals surface area contributed by atoms with Gasteiger partial charge in [0.25, 0.3) is 0 Å². The van der Waals surface area contributed by atoms with Crippen molar-refractivity contribution in [2.24, 2.45) is 11.8 Å². The highest BCUT2D eigenvalue weighted by molar-refractivity contribution is 5.84. The van der Waals surface area contributed by atoms with E-state index in [1.807, 2.05) is 25.1 Å². The Balaban J connectivity index is 1.57. The van der Waals surface area contributed by atoms with Crippen LogP contribution in [0.15, 0.2) is 18.2 Å². The topological polar surface area (TPSA) is 59.6 Å². The highest BCUT2D eigenvalue weighted by Gasteiger charge is 2.29. The standard InChI is InChI=1S/C18H26N2O3/c1-11-5-4-6-15(12(11)2)20-18(21)13(3)19-14-7-8-16-17(9-14)23-10-22-16/h7-9,11-13,15,19H,4-6,10H2,1-3H3,(H,20,21)/t11-,12-,13-,15+/m0/s1. The largest absolute Gasteiger partial charge is 0.454 e. The maximum Gasteiger partial charge on any atom is 0.242 e. The molecule has 5 nitrogen and oxygen atoms in total. The van der Waals surface area contributed by atoms with Gasteiger partial charge in [-0.05, 0) is 37.3 Å². The second kappa shape index (κ2) is 6.69. The summed E-state index contributed by atoms with van der Waals surface area (Å²) in [4.78, 5) is 12.5. The summed E-state index contributed by atoms with van der Waals surface area (Å²) in [5.41, 5.74) is 0.863. The zero-order valence-corrected chi connectivity index (χ0v) is 14.1. The zero-order valence-electron chi connectivity index (χ0n) is 14.1. The van der Waals surface area contributed by atoms with Crippen LogP contribution in [0.3, 0.4) is 0 Å². The molecule has 1 saturated carbocycles. The lowest BCUT2D eigenvalue weighted by Gasteiger charge is -2.35. The lowest BCUT2D eigenvalue weighted by atomic mass is 9.78. The van der Waals surface area contributed by atoms with E-state index in [2.05, 4.69) is 24.5 Å². The number of ether oxygens (including phenoxy) is 2. The van der Waals surface area contributed by atoms with Crippen molar-refractivity contribution in [3.63, 3.8) is 0 Å². The Morgan fingerprint density at radius 1 is 1.22 bits per heavy atom. The van der Waals surface area contributed by atoms with Crippen LogP contribution in [0.25, 0.3) is 0 Å². The van der Waals surface area contributed by atoms with Crippen molar-refractivity contribution in [2.45, 2.75) is 52.1 Å². The van der Waals surface area contributed by atoms with Crippen molar-refractivity contribution in [2.75, 3.05) is 12.1 Å². The fourth-order valence-electron chi connectivity index (χ4n) is 3.40. The van der Waals surface area contributed by atoms with E-state index >= 15 is 0 Å². The summed E-state index contributed by atoms with van der Waals surface area (Å²) in [7, 11) is 0. The summed E-state index contributed by atoms with van der Waals surface area (Å²) in [5, 5.41) is 6.45. The van der Waals surface area contributed by atoms with Crippen LogP contribution in [-0.2, 0) is 4.79 Å². The maximum atomic E-state index is 12.5. The number of anilines is 1. The van der Waals surface area contributed by atoms with Crippen LogP contribution < -0.4 is 20.1 Å². The van der Waals surface area contributed by atoms with Crippen LogP contribution >= 0.6 is 0 Å². The molecule has 1 aromatic rings. The number of hydrogen-bond donors (Lipinski definition) is 2. The van der Waals surface area contributed by atoms with E-state index in [0.29, 0.717) is 11.8 Å². The van der Waals surface area contributed by atoms with Gasteiger partial charge in [-0.25, -0.2) is 0 Å². The summed E-state index contributed by atoms with van der Waals surface area (Å²) in [5.74, 6) is 2.72. The van der Waals surface area contributed by atoms with Crippen LogP contribution in [0.1, 0.15) is 40.0 Å². The average Bonchev–Trinajstić information content (AvgIpc) is 2.99. The van der Waals surface area contributed by atoms with Crippen molar-refractivity contribution < 1.29 is 14.3 Å². The zero-order chi connectivity index (χ0) is 16.4. The van der Waals surface area contributed by atoms with E-state index in [-0.39, 0.29) is 24.8 Å². The molecule has 4 atom stereocenters. The summed E-state index contributed by atoms with van der Waals surface area (Å²) in [6, 6.07) is 5.63. The van der Waals surface area contributed by atoms with Gasteiger partial charge in [-0.3, -0.25) is 4.79 Å². The van der Waals surface area contributed by atoms with Crippen molar-refractivity contribution in [3.8, 4) is 11.5 Å². The molecule has 0 radical (unpaired) electrons. The minimum Gasteiger partial charge on any atom is -0.454 e. The van der Waals surface area contributed by atoms with E-state index in [1.165, 1.54) is 12.8 Å². The molecule has 5 heteroatoms. The fraction of sp³-hybridized carbons (Fsp3) is 0.611. The normalized spacial score (nSPS) is 27.3. The number of carbonyl (C=O) groups excluding carboxylic acids is 1. The number of hydrogen-bond acceptors (Lipinski definition) is 4. The van der Waals surface area contributed by atoms with E-state index in [1.54, 1.807) is 0 Å². The van der Waals surface area contributed by atoms with Crippen molar-refractivity contribution in [1.82, 2.24) is 5.32 Å². The molecule has 0 bridgehead atoms. The number of benzene rings is 1. The Bertz CT molecular complexity index is 575. The van der Waals surface area contributed by atoms with Crippen molar-refractivity contribution in [1.29, 1.82) is 0 Å². The van der Waals surface area contributed by atoms with Gasteiger partial charge in [0.1, 0.15) is 6.04 Å². The van der Waals surface area contributed by atoms with Crippen LogP contribution in [-0.4, -0.2) is 24.8 Å². The number of fused-ring (bicyclic) bond motifs is 1. The highest BCUT2D eigenvalue weighted by Crippen LogP contribution is 2.34. The van der Waals surface area contributed by atoms with Gasteiger partial charge < -0.3 is 20.1 Å². The molecule has 1 aromatic carbocycles. The summed E-state index contributed by atoms with van der Waals surface area (Å²) >= 11 is 0. The molecule has 23 heavy (non-hydrogen) atoms. The van der Waals surface area contributed by atoms with Gasteiger partial charge in [0, 0.05) is 17.8 Å². The van der Waals surface area contributed by atoms with Gasteiger partial charge in [-0.2, -0.15) is 0 Å². The van der Waals surface area contributed by atoms with Crippen LogP contribution in [0.4, 0.5) is 5.69 Å². The summed E-state index contributed by atoms with van der Waals surface area (Å²) < 4.78 is 10.7. The first-order valence-corrected chi connectivity index (χ1v) is 8.51. The molecule has 0 unspecified atom stereocenters. The molecule has 0 spiro atoms. The van der Waals surface area contributed by atoms with Gasteiger partial charge in [-0.1, -0.05) is 26.7 Å². The van der Waals surface area contributed by atoms with Gasteiger partial charge in [0.15, 0.2) is 11.5 Å². The first-order chi connectivity index (χ1) is 11.0. The molecule has 2 N–H and O–H groups in total. The second-order valence-corrected chi connectivity index (χ2v) is 6.82. The quantitative estimate of drug-likeness (QED) is 0.895. The lowest BCUT2D eigenvalue weighted by molar-refractivity contribution is -0.122. The summed E-state index contributed by atoms with van der Waals surface area (Å²) in [6.45, 7) is 6.66. The molecule has 1 fully saturated rings. The molecule has 0 saturated heterocycles. The lowest BCUT2D eigenvalue weighted by Crippen LogP contribution is -2.48. The smallest absolute Gasteiger partial charge is 0.242 e. The van der Waals surface area contributed by atoms with Crippen molar-refractivity contribution >= 4 is 11.6 Å². The SMILES string of the molecule is C[C@H]1[C@@H](C)CCC[C@H]1NC(=O)[C@H](C)Nc1ccc2c(c1)OCO2.